The average Bonchev–Trinajstić information content (AvgIpc) is 3.20. The molecule has 4 unspecified atom stereocenters. The molecule has 1 saturated heterocycles. The van der Waals surface area contributed by atoms with Gasteiger partial charge in [0.15, 0.2) is 23.1 Å². The van der Waals surface area contributed by atoms with E-state index in [0.717, 1.165) is 6.42 Å². The van der Waals surface area contributed by atoms with Crippen LogP contribution in [0.1, 0.15) is 42.7 Å². The van der Waals surface area contributed by atoms with Crippen LogP contribution < -0.4 is 0 Å². The molecule has 28 heavy (non-hydrogen) atoms. The number of ether oxygens (including phenoxy) is 2. The summed E-state index contributed by atoms with van der Waals surface area (Å²) in [4.78, 5) is 25.5. The molecule has 1 aromatic carbocycles. The predicted octanol–water partition coefficient (Wildman–Crippen LogP) is 3.96. The van der Waals surface area contributed by atoms with Gasteiger partial charge in [-0.25, -0.2) is 19.7 Å². The van der Waals surface area contributed by atoms with E-state index in [1.807, 2.05) is 36.6 Å². The number of fused-ring (bicyclic) bond motifs is 1. The molecule has 8 heteroatoms. The third-order valence-electron chi connectivity index (χ3n) is 5.22. The van der Waals surface area contributed by atoms with Crippen LogP contribution in [0.3, 0.4) is 0 Å². The van der Waals surface area contributed by atoms with Crippen molar-refractivity contribution in [3.8, 4) is 0 Å². The molecule has 4 atom stereocenters. The Balaban J connectivity index is 1.73. The van der Waals surface area contributed by atoms with Gasteiger partial charge in [-0.2, -0.15) is 0 Å². The molecule has 3 heterocycles. The van der Waals surface area contributed by atoms with Crippen molar-refractivity contribution in [2.75, 3.05) is 0 Å². The van der Waals surface area contributed by atoms with Gasteiger partial charge in [0, 0.05) is 5.92 Å². The standard InChI is InChI=1S/C20H21ClN4O3/c1-4-14-11(2)16(28-20(26)13-8-6-5-7-9-13)19(27-14)25-12(3)24-15-17(21)22-10-23-18(15)25/h5-11,14,16,19H,4H2,1-3H3. The maximum atomic E-state index is 12.7. The fraction of sp³-hybridized carbons (Fsp3) is 0.400. The summed E-state index contributed by atoms with van der Waals surface area (Å²) in [7, 11) is 0. The van der Waals surface area contributed by atoms with E-state index in [1.165, 1.54) is 6.33 Å². The summed E-state index contributed by atoms with van der Waals surface area (Å²) < 4.78 is 14.1. The number of halogens is 1. The van der Waals surface area contributed by atoms with E-state index in [1.54, 1.807) is 12.1 Å². The minimum atomic E-state index is -0.538. The number of esters is 1. The van der Waals surface area contributed by atoms with Gasteiger partial charge in [-0.1, -0.05) is 43.6 Å². The lowest BCUT2D eigenvalue weighted by Crippen LogP contribution is -2.31. The SMILES string of the molecule is CCC1OC(n2c(C)nc3c(Cl)ncnc32)C(OC(=O)c2ccccc2)C1C. The number of imidazole rings is 1. The van der Waals surface area contributed by atoms with Gasteiger partial charge in [-0.15, -0.1) is 0 Å². The van der Waals surface area contributed by atoms with Crippen molar-refractivity contribution in [3.05, 3.63) is 53.2 Å². The summed E-state index contributed by atoms with van der Waals surface area (Å²) in [6.07, 6.45) is 1.13. The Hall–Kier alpha value is -2.51. The van der Waals surface area contributed by atoms with Gasteiger partial charge in [-0.3, -0.25) is 4.57 Å². The molecule has 1 aliphatic heterocycles. The average molecular weight is 401 g/mol. The molecule has 0 amide bonds. The number of carbonyl (C=O) groups is 1. The normalized spacial score (nSPS) is 24.6. The number of hydrogen-bond donors (Lipinski definition) is 0. The molecular formula is C20H21ClN4O3. The van der Waals surface area contributed by atoms with Gasteiger partial charge in [-0.05, 0) is 25.5 Å². The van der Waals surface area contributed by atoms with Crippen LogP contribution >= 0.6 is 11.6 Å². The van der Waals surface area contributed by atoms with Crippen molar-refractivity contribution in [2.24, 2.45) is 5.92 Å². The Bertz CT molecular complexity index is 1010. The van der Waals surface area contributed by atoms with Crippen molar-refractivity contribution < 1.29 is 14.3 Å². The van der Waals surface area contributed by atoms with Crippen LogP contribution in [0.15, 0.2) is 36.7 Å². The maximum absolute atomic E-state index is 12.7. The number of benzene rings is 1. The number of rotatable bonds is 4. The highest BCUT2D eigenvalue weighted by atomic mass is 35.5. The maximum Gasteiger partial charge on any atom is 0.338 e. The summed E-state index contributed by atoms with van der Waals surface area (Å²) in [5.74, 6) is 0.307. The monoisotopic (exact) mass is 400 g/mol. The zero-order valence-corrected chi connectivity index (χ0v) is 16.6. The Morgan fingerprint density at radius 3 is 2.75 bits per heavy atom. The molecule has 1 aliphatic rings. The second kappa shape index (κ2) is 7.48. The van der Waals surface area contributed by atoms with Crippen molar-refractivity contribution in [3.63, 3.8) is 0 Å². The van der Waals surface area contributed by atoms with Gasteiger partial charge >= 0.3 is 5.97 Å². The van der Waals surface area contributed by atoms with Gasteiger partial charge in [0.05, 0.1) is 11.7 Å². The molecule has 7 nitrogen and oxygen atoms in total. The first-order chi connectivity index (χ1) is 13.5. The first kappa shape index (κ1) is 18.8. The number of aryl methyl sites for hydroxylation is 1. The summed E-state index contributed by atoms with van der Waals surface area (Å²) in [5, 5.41) is 0.280. The largest absolute Gasteiger partial charge is 0.454 e. The second-order valence-corrected chi connectivity index (χ2v) is 7.29. The van der Waals surface area contributed by atoms with Crippen molar-refractivity contribution in [1.82, 2.24) is 19.5 Å². The Morgan fingerprint density at radius 2 is 2.04 bits per heavy atom. The van der Waals surface area contributed by atoms with Crippen LogP contribution in [-0.2, 0) is 9.47 Å². The zero-order valence-electron chi connectivity index (χ0n) is 15.9. The molecular weight excluding hydrogens is 380 g/mol. The van der Waals surface area contributed by atoms with Gasteiger partial charge < -0.3 is 9.47 Å². The summed E-state index contributed by atoms with van der Waals surface area (Å²) in [6, 6.07) is 8.95. The first-order valence-electron chi connectivity index (χ1n) is 9.27. The van der Waals surface area contributed by atoms with Crippen molar-refractivity contribution in [2.45, 2.75) is 45.6 Å². The number of hydrogen-bond acceptors (Lipinski definition) is 6. The smallest absolute Gasteiger partial charge is 0.338 e. The summed E-state index contributed by atoms with van der Waals surface area (Å²) >= 11 is 6.18. The van der Waals surface area contributed by atoms with E-state index in [2.05, 4.69) is 21.9 Å². The van der Waals surface area contributed by atoms with E-state index >= 15 is 0 Å². The highest BCUT2D eigenvalue weighted by Gasteiger charge is 2.46. The van der Waals surface area contributed by atoms with Gasteiger partial charge in [0.1, 0.15) is 17.7 Å². The van der Waals surface area contributed by atoms with E-state index in [-0.39, 0.29) is 23.1 Å². The molecule has 4 rings (SSSR count). The molecule has 0 aliphatic carbocycles. The first-order valence-corrected chi connectivity index (χ1v) is 9.65. The number of carbonyl (C=O) groups excluding carboxylic acids is 1. The lowest BCUT2D eigenvalue weighted by molar-refractivity contribution is -0.0478. The Kier molecular flexibility index (Phi) is 5.03. The molecule has 146 valence electrons. The van der Waals surface area contributed by atoms with E-state index in [0.29, 0.717) is 22.6 Å². The molecule has 0 spiro atoms. The van der Waals surface area contributed by atoms with Crippen LogP contribution in [-0.4, -0.2) is 37.7 Å². The van der Waals surface area contributed by atoms with E-state index in [4.69, 9.17) is 21.1 Å². The second-order valence-electron chi connectivity index (χ2n) is 6.93. The molecule has 2 aromatic heterocycles. The van der Waals surface area contributed by atoms with Gasteiger partial charge in [0.2, 0.25) is 0 Å². The number of aromatic nitrogens is 4. The van der Waals surface area contributed by atoms with Crippen molar-refractivity contribution >= 4 is 28.7 Å². The Morgan fingerprint density at radius 1 is 1.29 bits per heavy atom. The van der Waals surface area contributed by atoms with Gasteiger partial charge in [0.25, 0.3) is 0 Å². The number of nitrogens with zero attached hydrogens (tertiary/aromatic N) is 4. The fourth-order valence-corrected chi connectivity index (χ4v) is 3.92. The van der Waals surface area contributed by atoms with Crippen LogP contribution in [0.2, 0.25) is 5.15 Å². The van der Waals surface area contributed by atoms with E-state index < -0.39 is 12.3 Å². The van der Waals surface area contributed by atoms with Crippen LogP contribution in [0.5, 0.6) is 0 Å². The lowest BCUT2D eigenvalue weighted by Gasteiger charge is -2.23. The van der Waals surface area contributed by atoms with Crippen LogP contribution in [0.4, 0.5) is 0 Å². The third-order valence-corrected chi connectivity index (χ3v) is 5.49. The van der Waals surface area contributed by atoms with E-state index in [9.17, 15) is 4.79 Å². The Labute approximate surface area is 167 Å². The quantitative estimate of drug-likeness (QED) is 0.487. The highest BCUT2D eigenvalue weighted by molar-refractivity contribution is 6.33. The minimum Gasteiger partial charge on any atom is -0.454 e. The lowest BCUT2D eigenvalue weighted by atomic mass is 9.98. The predicted molar refractivity (Wildman–Crippen MR) is 104 cm³/mol. The topological polar surface area (TPSA) is 79.1 Å². The summed E-state index contributed by atoms with van der Waals surface area (Å²) in [5.41, 5.74) is 1.57. The fourth-order valence-electron chi connectivity index (χ4n) is 3.75. The molecule has 0 N–H and O–H groups in total. The van der Waals surface area contributed by atoms with Crippen molar-refractivity contribution in [1.29, 1.82) is 0 Å². The molecule has 1 fully saturated rings. The highest BCUT2D eigenvalue weighted by Crippen LogP contribution is 2.40. The molecule has 0 saturated carbocycles. The molecule has 0 bridgehead atoms. The summed E-state index contributed by atoms with van der Waals surface area (Å²) in [6.45, 7) is 5.94. The molecule has 0 radical (unpaired) electrons. The minimum absolute atomic E-state index is 0.0109. The molecule has 3 aromatic rings. The van der Waals surface area contributed by atoms with Crippen LogP contribution in [0, 0.1) is 12.8 Å². The zero-order chi connectivity index (χ0) is 19.8. The third kappa shape index (κ3) is 3.14. The van der Waals surface area contributed by atoms with Crippen LogP contribution in [0.25, 0.3) is 11.2 Å².